The van der Waals surface area contributed by atoms with Gasteiger partial charge in [-0.3, -0.25) is 10.2 Å². The summed E-state index contributed by atoms with van der Waals surface area (Å²) in [5.41, 5.74) is -0.596. The molecule has 6 heteroatoms. The van der Waals surface area contributed by atoms with Gasteiger partial charge in [0, 0.05) is 5.92 Å². The van der Waals surface area contributed by atoms with Crippen LogP contribution in [0.15, 0.2) is 0 Å². The first-order chi connectivity index (χ1) is 8.19. The van der Waals surface area contributed by atoms with Crippen LogP contribution in [0.25, 0.3) is 0 Å². The zero-order valence-corrected chi connectivity index (χ0v) is 11.3. The third kappa shape index (κ3) is 5.16. The van der Waals surface area contributed by atoms with E-state index in [2.05, 4.69) is 10.6 Å². The molecule has 0 aromatic heterocycles. The summed E-state index contributed by atoms with van der Waals surface area (Å²) >= 11 is 0. The Bertz CT molecular complexity index is 356. The van der Waals surface area contributed by atoms with Gasteiger partial charge < -0.3 is 15.4 Å². The first-order valence-electron chi connectivity index (χ1n) is 6.08. The Morgan fingerprint density at radius 3 is 2.33 bits per heavy atom. The van der Waals surface area contributed by atoms with Crippen molar-refractivity contribution in [3.05, 3.63) is 0 Å². The smallest absolute Gasteiger partial charge is 0.408 e. The molecule has 0 spiro atoms. The average Bonchev–Trinajstić information content (AvgIpc) is 2.96. The lowest BCUT2D eigenvalue weighted by atomic mass is 10.2. The second-order valence-corrected chi connectivity index (χ2v) is 5.55. The highest BCUT2D eigenvalue weighted by Crippen LogP contribution is 2.28. The minimum absolute atomic E-state index is 0.183. The molecule has 0 bridgehead atoms. The minimum Gasteiger partial charge on any atom is -0.444 e. The number of carbonyl (C=O) groups is 2. The van der Waals surface area contributed by atoms with E-state index in [0.717, 1.165) is 12.8 Å². The maximum atomic E-state index is 11.7. The van der Waals surface area contributed by atoms with Gasteiger partial charge in [0.05, 0.1) is 0 Å². The lowest BCUT2D eigenvalue weighted by molar-refractivity contribution is -0.121. The van der Waals surface area contributed by atoms with Crippen LogP contribution >= 0.6 is 0 Å². The van der Waals surface area contributed by atoms with E-state index in [0.29, 0.717) is 0 Å². The van der Waals surface area contributed by atoms with Crippen LogP contribution in [0.4, 0.5) is 4.79 Å². The Labute approximate surface area is 107 Å². The van der Waals surface area contributed by atoms with Gasteiger partial charge in [-0.25, -0.2) is 4.79 Å². The molecule has 2 amide bonds. The number of rotatable bonds is 3. The Kier molecular flexibility index (Phi) is 4.32. The number of amidine groups is 1. The van der Waals surface area contributed by atoms with Gasteiger partial charge >= 0.3 is 6.09 Å². The molecule has 0 aliphatic heterocycles. The topological polar surface area (TPSA) is 91.3 Å². The van der Waals surface area contributed by atoms with E-state index in [1.54, 1.807) is 27.7 Å². The van der Waals surface area contributed by atoms with Crippen molar-refractivity contribution in [2.75, 3.05) is 0 Å². The van der Waals surface area contributed by atoms with Crippen molar-refractivity contribution in [2.24, 2.45) is 5.92 Å². The Morgan fingerprint density at radius 2 is 1.89 bits per heavy atom. The van der Waals surface area contributed by atoms with Crippen LogP contribution in [0, 0.1) is 11.3 Å². The molecule has 6 nitrogen and oxygen atoms in total. The number of alkyl carbamates (subject to hydrolysis) is 1. The van der Waals surface area contributed by atoms with Gasteiger partial charge in [0.2, 0.25) is 5.91 Å². The van der Waals surface area contributed by atoms with Crippen LogP contribution in [0.3, 0.4) is 0 Å². The maximum absolute atomic E-state index is 11.7. The molecule has 18 heavy (non-hydrogen) atoms. The van der Waals surface area contributed by atoms with Crippen LogP contribution < -0.4 is 10.6 Å². The van der Waals surface area contributed by atoms with E-state index in [4.69, 9.17) is 10.1 Å². The fourth-order valence-corrected chi connectivity index (χ4v) is 1.26. The van der Waals surface area contributed by atoms with Gasteiger partial charge in [-0.05, 0) is 40.5 Å². The zero-order valence-electron chi connectivity index (χ0n) is 11.3. The standard InChI is InChI=1S/C12H21N3O3/c1-7(14-11(17)18-12(2,3)4)10(16)15-9(13)8-5-6-8/h7-8H,5-6H2,1-4H3,(H,14,17)(H2,13,15,16)/t7-/m0/s1. The fraction of sp³-hybridized carbons (Fsp3) is 0.750. The molecule has 1 aliphatic carbocycles. The summed E-state index contributed by atoms with van der Waals surface area (Å²) < 4.78 is 5.04. The number of hydrogen-bond acceptors (Lipinski definition) is 4. The molecule has 0 saturated heterocycles. The predicted octanol–water partition coefficient (Wildman–Crippen LogP) is 1.40. The fourth-order valence-electron chi connectivity index (χ4n) is 1.26. The lowest BCUT2D eigenvalue weighted by Gasteiger charge is -2.21. The highest BCUT2D eigenvalue weighted by Gasteiger charge is 2.29. The van der Waals surface area contributed by atoms with Crippen molar-refractivity contribution in [3.63, 3.8) is 0 Å². The Balaban J connectivity index is 2.34. The van der Waals surface area contributed by atoms with Gasteiger partial charge in [0.15, 0.2) is 0 Å². The van der Waals surface area contributed by atoms with E-state index in [1.807, 2.05) is 0 Å². The van der Waals surface area contributed by atoms with Crippen molar-refractivity contribution in [1.82, 2.24) is 10.6 Å². The van der Waals surface area contributed by atoms with Crippen molar-refractivity contribution < 1.29 is 14.3 Å². The van der Waals surface area contributed by atoms with Crippen LogP contribution in [-0.4, -0.2) is 29.5 Å². The molecule has 1 atom stereocenters. The van der Waals surface area contributed by atoms with Gasteiger partial charge in [-0.1, -0.05) is 0 Å². The average molecular weight is 255 g/mol. The Hall–Kier alpha value is -1.59. The number of amides is 2. The molecule has 1 rings (SSSR count). The van der Waals surface area contributed by atoms with E-state index in [9.17, 15) is 9.59 Å². The summed E-state index contributed by atoms with van der Waals surface area (Å²) in [6, 6.07) is -0.723. The minimum atomic E-state index is -0.723. The van der Waals surface area contributed by atoms with Crippen LogP contribution in [-0.2, 0) is 9.53 Å². The SMILES string of the molecule is C[C@H](NC(=O)OC(C)(C)C)C(=O)NC(=N)C1CC1. The third-order valence-electron chi connectivity index (χ3n) is 2.37. The van der Waals surface area contributed by atoms with Gasteiger partial charge in [-0.2, -0.15) is 0 Å². The molecule has 0 unspecified atom stereocenters. The first-order valence-corrected chi connectivity index (χ1v) is 6.08. The molecule has 0 aromatic carbocycles. The molecule has 1 aliphatic rings. The van der Waals surface area contributed by atoms with Gasteiger partial charge in [-0.15, -0.1) is 0 Å². The zero-order chi connectivity index (χ0) is 13.9. The Morgan fingerprint density at radius 1 is 1.33 bits per heavy atom. The number of nitrogens with one attached hydrogen (secondary N) is 3. The van der Waals surface area contributed by atoms with Crippen LogP contribution in [0.2, 0.25) is 0 Å². The van der Waals surface area contributed by atoms with Crippen molar-refractivity contribution >= 4 is 17.8 Å². The molecule has 0 radical (unpaired) electrons. The summed E-state index contributed by atoms with van der Waals surface area (Å²) in [4.78, 5) is 23.1. The van der Waals surface area contributed by atoms with Crippen molar-refractivity contribution in [3.8, 4) is 0 Å². The van der Waals surface area contributed by atoms with E-state index >= 15 is 0 Å². The van der Waals surface area contributed by atoms with Crippen molar-refractivity contribution in [2.45, 2.75) is 52.2 Å². The monoisotopic (exact) mass is 255 g/mol. The molecular weight excluding hydrogens is 234 g/mol. The van der Waals surface area contributed by atoms with E-state index in [-0.39, 0.29) is 11.8 Å². The molecule has 0 aromatic rings. The van der Waals surface area contributed by atoms with Crippen LogP contribution in [0.1, 0.15) is 40.5 Å². The molecule has 0 heterocycles. The summed E-state index contributed by atoms with van der Waals surface area (Å²) in [7, 11) is 0. The highest BCUT2D eigenvalue weighted by atomic mass is 16.6. The van der Waals surface area contributed by atoms with Gasteiger partial charge in [0.25, 0.3) is 0 Å². The number of ether oxygens (including phenoxy) is 1. The number of carbonyl (C=O) groups excluding carboxylic acids is 2. The molecule has 3 N–H and O–H groups in total. The summed E-state index contributed by atoms with van der Waals surface area (Å²) in [6.07, 6.45) is 1.27. The molecule has 1 fully saturated rings. The summed E-state index contributed by atoms with van der Waals surface area (Å²) in [5, 5.41) is 12.5. The van der Waals surface area contributed by atoms with Crippen LogP contribution in [0.5, 0.6) is 0 Å². The highest BCUT2D eigenvalue weighted by molar-refractivity contribution is 6.01. The summed E-state index contributed by atoms with van der Waals surface area (Å²) in [6.45, 7) is 6.81. The molecule has 1 saturated carbocycles. The van der Waals surface area contributed by atoms with Gasteiger partial charge in [0.1, 0.15) is 17.5 Å². The second kappa shape index (κ2) is 5.37. The lowest BCUT2D eigenvalue weighted by Crippen LogP contribution is -2.48. The van der Waals surface area contributed by atoms with E-state index < -0.39 is 23.6 Å². The predicted molar refractivity (Wildman–Crippen MR) is 67.4 cm³/mol. The quantitative estimate of drug-likeness (QED) is 0.526. The van der Waals surface area contributed by atoms with E-state index in [1.165, 1.54) is 0 Å². The maximum Gasteiger partial charge on any atom is 0.408 e. The van der Waals surface area contributed by atoms with Crippen molar-refractivity contribution in [1.29, 1.82) is 5.41 Å². The second-order valence-electron chi connectivity index (χ2n) is 5.55. The first kappa shape index (κ1) is 14.5. The normalized spacial score (nSPS) is 16.7. The molecular formula is C12H21N3O3. The molecule has 102 valence electrons. The number of hydrogen-bond donors (Lipinski definition) is 3. The largest absolute Gasteiger partial charge is 0.444 e. The third-order valence-corrected chi connectivity index (χ3v) is 2.37. The summed E-state index contributed by atoms with van der Waals surface area (Å²) in [5.74, 6) is 0.0262.